The van der Waals surface area contributed by atoms with E-state index in [1.165, 1.54) is 11.8 Å². The molecule has 3 rings (SSSR count). The molecule has 0 radical (unpaired) electrons. The van der Waals surface area contributed by atoms with Crippen LogP contribution in [0.5, 0.6) is 0 Å². The van der Waals surface area contributed by atoms with Crippen molar-refractivity contribution >= 4 is 17.7 Å². The molecule has 1 aliphatic rings. The van der Waals surface area contributed by atoms with Gasteiger partial charge in [0.15, 0.2) is 0 Å². The van der Waals surface area contributed by atoms with Crippen molar-refractivity contribution in [3.8, 4) is 0 Å². The number of carbonyl (C=O) groups is 1. The van der Waals surface area contributed by atoms with Crippen molar-refractivity contribution in [1.82, 2.24) is 15.5 Å². The standard InChI is InChI=1S/C19H25N3O3S/c1-12-9-15(6-8-24-12)10-21-18(23)16-5-4-7-20-19(16)26-11-17-13(2)22-25-14(17)3/h4-5,7,12,15H,6,8-11H2,1-3H3,(H,21,23)/t12-,15-/m0/s1. The first-order valence-corrected chi connectivity index (χ1v) is 9.92. The molecular formula is C19H25N3O3S. The zero-order valence-electron chi connectivity index (χ0n) is 15.4. The molecule has 1 N–H and O–H groups in total. The van der Waals surface area contributed by atoms with E-state index in [0.29, 0.717) is 23.8 Å². The molecule has 0 saturated carbocycles. The number of aryl methyl sites for hydroxylation is 2. The molecule has 0 unspecified atom stereocenters. The number of rotatable bonds is 6. The van der Waals surface area contributed by atoms with Crippen molar-refractivity contribution in [2.45, 2.75) is 50.5 Å². The van der Waals surface area contributed by atoms with Gasteiger partial charge in [-0.1, -0.05) is 5.16 Å². The zero-order chi connectivity index (χ0) is 18.5. The lowest BCUT2D eigenvalue weighted by Gasteiger charge is -2.27. The number of nitrogens with zero attached hydrogens (tertiary/aromatic N) is 2. The summed E-state index contributed by atoms with van der Waals surface area (Å²) in [6.07, 6.45) is 3.96. The Bertz CT molecular complexity index is 743. The van der Waals surface area contributed by atoms with Crippen LogP contribution < -0.4 is 5.32 Å². The Morgan fingerprint density at radius 2 is 2.27 bits per heavy atom. The lowest BCUT2D eigenvalue weighted by Crippen LogP contribution is -2.34. The number of hydrogen-bond acceptors (Lipinski definition) is 6. The van der Waals surface area contributed by atoms with E-state index in [4.69, 9.17) is 9.26 Å². The average Bonchev–Trinajstić information content (AvgIpc) is 2.96. The van der Waals surface area contributed by atoms with Gasteiger partial charge in [0.25, 0.3) is 5.91 Å². The number of ether oxygens (including phenoxy) is 1. The van der Waals surface area contributed by atoms with Crippen LogP contribution >= 0.6 is 11.8 Å². The predicted molar refractivity (Wildman–Crippen MR) is 100 cm³/mol. The summed E-state index contributed by atoms with van der Waals surface area (Å²) in [5.41, 5.74) is 2.55. The van der Waals surface area contributed by atoms with E-state index in [1.54, 1.807) is 12.3 Å². The molecule has 1 amide bonds. The number of hydrogen-bond donors (Lipinski definition) is 1. The molecule has 0 bridgehead atoms. The highest BCUT2D eigenvalue weighted by atomic mass is 32.2. The molecule has 0 aliphatic carbocycles. The highest BCUT2D eigenvalue weighted by Gasteiger charge is 2.21. The summed E-state index contributed by atoms with van der Waals surface area (Å²) < 4.78 is 10.8. The van der Waals surface area contributed by atoms with E-state index in [9.17, 15) is 4.79 Å². The van der Waals surface area contributed by atoms with Gasteiger partial charge in [0, 0.05) is 30.7 Å². The van der Waals surface area contributed by atoms with E-state index >= 15 is 0 Å². The molecule has 7 heteroatoms. The second-order valence-electron chi connectivity index (χ2n) is 6.73. The van der Waals surface area contributed by atoms with Gasteiger partial charge < -0.3 is 14.6 Å². The molecule has 2 aromatic rings. The lowest BCUT2D eigenvalue weighted by molar-refractivity contribution is 0.00301. The first kappa shape index (κ1) is 18.9. The van der Waals surface area contributed by atoms with E-state index in [2.05, 4.69) is 22.4 Å². The fraction of sp³-hybridized carbons (Fsp3) is 0.526. The number of amides is 1. The monoisotopic (exact) mass is 375 g/mol. The molecule has 1 saturated heterocycles. The van der Waals surface area contributed by atoms with Gasteiger partial charge in [-0.2, -0.15) is 0 Å². The average molecular weight is 375 g/mol. The molecule has 0 aromatic carbocycles. The summed E-state index contributed by atoms with van der Waals surface area (Å²) in [7, 11) is 0. The van der Waals surface area contributed by atoms with E-state index in [0.717, 1.165) is 41.5 Å². The summed E-state index contributed by atoms with van der Waals surface area (Å²) in [6.45, 7) is 7.35. The topological polar surface area (TPSA) is 77.2 Å². The third kappa shape index (κ3) is 4.65. The van der Waals surface area contributed by atoms with Crippen LogP contribution in [0.2, 0.25) is 0 Å². The van der Waals surface area contributed by atoms with Crippen LogP contribution in [-0.4, -0.2) is 35.3 Å². The van der Waals surface area contributed by atoms with Crippen LogP contribution in [0, 0.1) is 19.8 Å². The summed E-state index contributed by atoms with van der Waals surface area (Å²) in [5, 5.41) is 7.77. The molecular weight excluding hydrogens is 350 g/mol. The summed E-state index contributed by atoms with van der Waals surface area (Å²) in [6, 6.07) is 3.62. The number of aromatic nitrogens is 2. The second-order valence-corrected chi connectivity index (χ2v) is 7.69. The number of nitrogens with one attached hydrogen (secondary N) is 1. The van der Waals surface area contributed by atoms with Crippen molar-refractivity contribution in [3.05, 3.63) is 40.9 Å². The van der Waals surface area contributed by atoms with Gasteiger partial charge in [-0.3, -0.25) is 4.79 Å². The quantitative estimate of drug-likeness (QED) is 0.779. The molecule has 2 aromatic heterocycles. The molecule has 2 atom stereocenters. The molecule has 140 valence electrons. The number of carbonyl (C=O) groups excluding carboxylic acids is 1. The van der Waals surface area contributed by atoms with Crippen molar-refractivity contribution in [2.75, 3.05) is 13.2 Å². The highest BCUT2D eigenvalue weighted by Crippen LogP contribution is 2.27. The van der Waals surface area contributed by atoms with Gasteiger partial charge in [-0.05, 0) is 51.7 Å². The lowest BCUT2D eigenvalue weighted by atomic mass is 9.96. The van der Waals surface area contributed by atoms with Crippen LogP contribution in [-0.2, 0) is 10.5 Å². The number of pyridine rings is 1. The summed E-state index contributed by atoms with van der Waals surface area (Å²) in [5.74, 6) is 1.89. The van der Waals surface area contributed by atoms with Gasteiger partial charge in [0.2, 0.25) is 0 Å². The zero-order valence-corrected chi connectivity index (χ0v) is 16.3. The third-order valence-electron chi connectivity index (χ3n) is 4.70. The minimum atomic E-state index is -0.0708. The third-order valence-corrected chi connectivity index (χ3v) is 5.73. The fourth-order valence-corrected chi connectivity index (χ4v) is 4.28. The molecule has 0 spiro atoms. The van der Waals surface area contributed by atoms with E-state index in [1.807, 2.05) is 19.9 Å². The molecule has 26 heavy (non-hydrogen) atoms. The first-order valence-electron chi connectivity index (χ1n) is 8.94. The maximum Gasteiger partial charge on any atom is 0.254 e. The predicted octanol–water partition coefficient (Wildman–Crippen LogP) is 3.52. The maximum absolute atomic E-state index is 12.7. The van der Waals surface area contributed by atoms with Crippen LogP contribution in [0.1, 0.15) is 47.1 Å². The fourth-order valence-electron chi connectivity index (χ4n) is 3.14. The van der Waals surface area contributed by atoms with Crippen molar-refractivity contribution in [2.24, 2.45) is 5.92 Å². The van der Waals surface area contributed by atoms with Crippen LogP contribution in [0.15, 0.2) is 27.9 Å². The Hall–Kier alpha value is -1.86. The Labute approximate surface area is 158 Å². The minimum Gasteiger partial charge on any atom is -0.378 e. The van der Waals surface area contributed by atoms with Gasteiger partial charge in [0.1, 0.15) is 10.8 Å². The van der Waals surface area contributed by atoms with Crippen molar-refractivity contribution < 1.29 is 14.1 Å². The van der Waals surface area contributed by atoms with Gasteiger partial charge >= 0.3 is 0 Å². The normalized spacial score (nSPS) is 20.1. The highest BCUT2D eigenvalue weighted by molar-refractivity contribution is 7.98. The SMILES string of the molecule is Cc1noc(C)c1CSc1ncccc1C(=O)NC[C@H]1CCO[C@@H](C)C1. The first-order chi connectivity index (χ1) is 12.5. The molecule has 6 nitrogen and oxygen atoms in total. The summed E-state index contributed by atoms with van der Waals surface area (Å²) >= 11 is 1.53. The Kier molecular flexibility index (Phi) is 6.32. The van der Waals surface area contributed by atoms with Crippen LogP contribution in [0.3, 0.4) is 0 Å². The molecule has 3 heterocycles. The Morgan fingerprint density at radius 3 is 3.00 bits per heavy atom. The van der Waals surface area contributed by atoms with Gasteiger partial charge in [0.05, 0.1) is 17.4 Å². The van der Waals surface area contributed by atoms with E-state index in [-0.39, 0.29) is 12.0 Å². The van der Waals surface area contributed by atoms with E-state index < -0.39 is 0 Å². The molecule has 1 fully saturated rings. The molecule has 1 aliphatic heterocycles. The largest absolute Gasteiger partial charge is 0.378 e. The second kappa shape index (κ2) is 8.68. The maximum atomic E-state index is 12.7. The summed E-state index contributed by atoms with van der Waals surface area (Å²) in [4.78, 5) is 17.1. The van der Waals surface area contributed by atoms with Crippen LogP contribution in [0.4, 0.5) is 0 Å². The van der Waals surface area contributed by atoms with Crippen molar-refractivity contribution in [1.29, 1.82) is 0 Å². The Morgan fingerprint density at radius 1 is 1.42 bits per heavy atom. The van der Waals surface area contributed by atoms with Gasteiger partial charge in [-0.15, -0.1) is 11.8 Å². The minimum absolute atomic E-state index is 0.0708. The number of thioether (sulfide) groups is 1. The van der Waals surface area contributed by atoms with Crippen molar-refractivity contribution in [3.63, 3.8) is 0 Å². The van der Waals surface area contributed by atoms with Crippen LogP contribution in [0.25, 0.3) is 0 Å². The van der Waals surface area contributed by atoms with Gasteiger partial charge in [-0.25, -0.2) is 4.98 Å². The Balaban J connectivity index is 1.61. The smallest absolute Gasteiger partial charge is 0.254 e.